The lowest BCUT2D eigenvalue weighted by molar-refractivity contribution is 0.995. The Bertz CT molecular complexity index is 3870. The fourth-order valence-electron chi connectivity index (χ4n) is 9.17. The van der Waals surface area contributed by atoms with Crippen LogP contribution in [-0.2, 0) is 0 Å². The number of nitrogens with zero attached hydrogens (tertiary/aromatic N) is 7. The van der Waals surface area contributed by atoms with Crippen LogP contribution in [0, 0.1) is 0 Å². The maximum absolute atomic E-state index is 5.28. The topological polar surface area (TPSA) is 74.3 Å². The van der Waals surface area contributed by atoms with Gasteiger partial charge in [-0.15, -0.1) is 11.3 Å². The molecule has 0 atom stereocenters. The van der Waals surface area contributed by atoms with E-state index in [-0.39, 0.29) is 0 Å². The first kappa shape index (κ1) is 35.4. The summed E-state index contributed by atoms with van der Waals surface area (Å²) in [6.45, 7) is 0. The Kier molecular flexibility index (Phi) is 7.94. The van der Waals surface area contributed by atoms with Gasteiger partial charge in [-0.25, -0.2) is 15.0 Å². The van der Waals surface area contributed by atoms with E-state index >= 15 is 0 Å². The van der Waals surface area contributed by atoms with Crippen molar-refractivity contribution in [1.29, 1.82) is 0 Å². The van der Waals surface area contributed by atoms with Crippen LogP contribution in [0.1, 0.15) is 0 Å². The van der Waals surface area contributed by atoms with Gasteiger partial charge in [-0.05, 0) is 66.7 Å². The van der Waals surface area contributed by atoms with Crippen molar-refractivity contribution < 1.29 is 0 Å². The zero-order chi connectivity index (χ0) is 41.4. The second kappa shape index (κ2) is 14.1. The monoisotopic (exact) mass is 823 g/mol. The third kappa shape index (κ3) is 5.76. The van der Waals surface area contributed by atoms with Gasteiger partial charge in [0, 0.05) is 65.8 Å². The molecule has 63 heavy (non-hydrogen) atoms. The van der Waals surface area contributed by atoms with Crippen molar-refractivity contribution in [2.24, 2.45) is 0 Å². The fraction of sp³-hybridized carbons (Fsp3) is 0. The first-order valence-electron chi connectivity index (χ1n) is 20.9. The Morgan fingerprint density at radius 3 is 1.73 bits per heavy atom. The molecule has 0 aliphatic rings. The Morgan fingerprint density at radius 1 is 0.365 bits per heavy atom. The van der Waals surface area contributed by atoms with Crippen molar-refractivity contribution in [3.8, 4) is 56.7 Å². The predicted octanol–water partition coefficient (Wildman–Crippen LogP) is 13.9. The number of para-hydroxylation sites is 2. The summed E-state index contributed by atoms with van der Waals surface area (Å²) in [6.07, 6.45) is 5.58. The van der Waals surface area contributed by atoms with Gasteiger partial charge in [0.2, 0.25) is 5.95 Å². The summed E-state index contributed by atoms with van der Waals surface area (Å²) in [7, 11) is 0. The minimum Gasteiger partial charge on any atom is -0.309 e. The summed E-state index contributed by atoms with van der Waals surface area (Å²) in [6, 6.07) is 63.8. The molecule has 13 rings (SSSR count). The summed E-state index contributed by atoms with van der Waals surface area (Å²) >= 11 is 1.78. The quantitative estimate of drug-likeness (QED) is 0.167. The minimum atomic E-state index is 0.603. The van der Waals surface area contributed by atoms with Gasteiger partial charge >= 0.3 is 0 Å². The molecule has 8 heteroatoms. The molecule has 6 aromatic heterocycles. The summed E-state index contributed by atoms with van der Waals surface area (Å²) < 4.78 is 6.97. The zero-order valence-electron chi connectivity index (χ0n) is 33.6. The van der Waals surface area contributed by atoms with E-state index in [2.05, 4.69) is 149 Å². The molecule has 7 aromatic carbocycles. The number of pyridine rings is 1. The molecular weight excluding hydrogens is 791 g/mol. The van der Waals surface area contributed by atoms with E-state index in [1.54, 1.807) is 11.3 Å². The van der Waals surface area contributed by atoms with Gasteiger partial charge in [-0.2, -0.15) is 0 Å². The molecular formula is C55H33N7S. The van der Waals surface area contributed by atoms with Crippen molar-refractivity contribution in [3.63, 3.8) is 0 Å². The van der Waals surface area contributed by atoms with E-state index < -0.39 is 0 Å². The Labute approximate surface area is 364 Å². The average Bonchev–Trinajstić information content (AvgIpc) is 4.01. The number of hydrogen-bond acceptors (Lipinski definition) is 6. The molecule has 0 aliphatic heterocycles. The van der Waals surface area contributed by atoms with Gasteiger partial charge < -0.3 is 4.57 Å². The molecule has 0 aliphatic carbocycles. The van der Waals surface area contributed by atoms with Crippen LogP contribution in [0.2, 0.25) is 0 Å². The van der Waals surface area contributed by atoms with Crippen molar-refractivity contribution in [3.05, 3.63) is 201 Å². The Morgan fingerprint density at radius 2 is 0.984 bits per heavy atom. The van der Waals surface area contributed by atoms with Gasteiger partial charge in [0.05, 0.1) is 67.5 Å². The van der Waals surface area contributed by atoms with Gasteiger partial charge in [-0.1, -0.05) is 115 Å². The average molecular weight is 824 g/mol. The molecule has 294 valence electrons. The number of thiophene rings is 1. The van der Waals surface area contributed by atoms with E-state index in [4.69, 9.17) is 24.9 Å². The van der Waals surface area contributed by atoms with Crippen LogP contribution in [-0.4, -0.2) is 34.1 Å². The molecule has 0 unspecified atom stereocenters. The van der Waals surface area contributed by atoms with Crippen LogP contribution in [0.3, 0.4) is 0 Å². The maximum atomic E-state index is 5.28. The van der Waals surface area contributed by atoms with E-state index in [1.807, 2.05) is 61.1 Å². The Hall–Kier alpha value is -8.33. The zero-order valence-corrected chi connectivity index (χ0v) is 34.4. The lowest BCUT2D eigenvalue weighted by Crippen LogP contribution is -2.04. The van der Waals surface area contributed by atoms with E-state index in [1.165, 1.54) is 20.2 Å². The lowest BCUT2D eigenvalue weighted by atomic mass is 10.1. The molecule has 0 spiro atoms. The van der Waals surface area contributed by atoms with Gasteiger partial charge in [-0.3, -0.25) is 14.5 Å². The smallest absolute Gasteiger partial charge is 0.235 e. The molecule has 0 amide bonds. The van der Waals surface area contributed by atoms with E-state index in [0.717, 1.165) is 94.5 Å². The fourth-order valence-corrected chi connectivity index (χ4v) is 10.2. The lowest BCUT2D eigenvalue weighted by Gasteiger charge is -2.12. The summed E-state index contributed by atoms with van der Waals surface area (Å²) in [5, 5.41) is 5.74. The molecule has 13 aromatic rings. The van der Waals surface area contributed by atoms with Crippen LogP contribution in [0.15, 0.2) is 201 Å². The predicted molar refractivity (Wildman–Crippen MR) is 259 cm³/mol. The van der Waals surface area contributed by atoms with Gasteiger partial charge in [0.25, 0.3) is 0 Å². The second-order valence-electron chi connectivity index (χ2n) is 15.8. The maximum Gasteiger partial charge on any atom is 0.235 e. The third-order valence-corrected chi connectivity index (χ3v) is 13.2. The Balaban J connectivity index is 0.942. The highest BCUT2D eigenvalue weighted by Crippen LogP contribution is 2.39. The van der Waals surface area contributed by atoms with Crippen molar-refractivity contribution in [1.82, 2.24) is 34.1 Å². The first-order chi connectivity index (χ1) is 31.2. The van der Waals surface area contributed by atoms with Crippen LogP contribution in [0.5, 0.6) is 0 Å². The normalized spacial score (nSPS) is 11.8. The highest BCUT2D eigenvalue weighted by molar-refractivity contribution is 7.25. The molecule has 0 radical (unpaired) electrons. The van der Waals surface area contributed by atoms with Gasteiger partial charge in [0.1, 0.15) is 0 Å². The van der Waals surface area contributed by atoms with E-state index in [9.17, 15) is 0 Å². The summed E-state index contributed by atoms with van der Waals surface area (Å²) in [5.41, 5.74) is 13.7. The summed E-state index contributed by atoms with van der Waals surface area (Å²) in [5.74, 6) is 0.603. The number of rotatable bonds is 6. The minimum absolute atomic E-state index is 0.603. The molecule has 0 bridgehead atoms. The van der Waals surface area contributed by atoms with Crippen LogP contribution in [0.25, 0.3) is 121 Å². The molecule has 0 fully saturated rings. The number of hydrogen-bond donors (Lipinski definition) is 0. The highest BCUT2D eigenvalue weighted by atomic mass is 32.1. The molecule has 7 nitrogen and oxygen atoms in total. The SMILES string of the molecule is c1ccc(-c2cc(-c3ccccc3)nc(-n3c4ccccc4c4ccc(-c5cncc(-c6ccc7c(c6)c6ccccc6n7-c6ccc7sc8cccnc8c7c6)n5)cc43)n2)cc1. The van der Waals surface area contributed by atoms with Crippen molar-refractivity contribution in [2.75, 3.05) is 0 Å². The van der Waals surface area contributed by atoms with Crippen molar-refractivity contribution in [2.45, 2.75) is 0 Å². The van der Waals surface area contributed by atoms with Crippen LogP contribution < -0.4 is 0 Å². The standard InChI is InChI=1S/C55H33N7S/c1-3-12-34(13-4-1)44-31-45(35-14-5-2-6-15-35)60-55(59-44)62-49-19-10-7-16-39(49)41-24-21-37(29-51(41)62)47-33-56-32-46(58-47)36-22-25-50-42(28-36)40-17-8-9-18-48(40)61(50)38-23-26-52-43(30-38)54-53(63-52)20-11-27-57-54/h1-33H. The first-order valence-corrected chi connectivity index (χ1v) is 21.7. The van der Waals surface area contributed by atoms with Gasteiger partial charge in [0.15, 0.2) is 0 Å². The molecule has 0 saturated heterocycles. The van der Waals surface area contributed by atoms with Crippen LogP contribution >= 0.6 is 11.3 Å². The third-order valence-electron chi connectivity index (χ3n) is 12.1. The van der Waals surface area contributed by atoms with Crippen LogP contribution in [0.4, 0.5) is 0 Å². The number of benzene rings is 7. The molecule has 6 heterocycles. The van der Waals surface area contributed by atoms with E-state index in [0.29, 0.717) is 5.95 Å². The molecule has 0 N–H and O–H groups in total. The second-order valence-corrected chi connectivity index (χ2v) is 16.8. The highest BCUT2D eigenvalue weighted by Gasteiger charge is 2.19. The number of fused-ring (bicyclic) bond motifs is 9. The largest absolute Gasteiger partial charge is 0.309 e. The summed E-state index contributed by atoms with van der Waals surface area (Å²) in [4.78, 5) is 25.3. The molecule has 0 saturated carbocycles. The van der Waals surface area contributed by atoms with Crippen molar-refractivity contribution >= 4 is 75.3 Å². The number of aromatic nitrogens is 7.